The van der Waals surface area contributed by atoms with Crippen LogP contribution in [0.4, 0.5) is 0 Å². The van der Waals surface area contributed by atoms with E-state index in [-0.39, 0.29) is 24.4 Å². The van der Waals surface area contributed by atoms with Crippen LogP contribution < -0.4 is 4.74 Å². The molecule has 0 saturated heterocycles. The van der Waals surface area contributed by atoms with Crippen molar-refractivity contribution in [2.24, 2.45) is 0 Å². The van der Waals surface area contributed by atoms with Crippen LogP contribution >= 0.6 is 22.9 Å². The van der Waals surface area contributed by atoms with Crippen molar-refractivity contribution in [1.82, 2.24) is 9.80 Å². The maximum atomic E-state index is 13.5. The van der Waals surface area contributed by atoms with E-state index >= 15 is 0 Å². The molecular formula is C27H27ClN2O3S. The fourth-order valence-corrected chi connectivity index (χ4v) is 5.14. The average molecular weight is 495 g/mol. The van der Waals surface area contributed by atoms with E-state index in [4.69, 9.17) is 16.3 Å². The molecule has 5 nitrogen and oxygen atoms in total. The molecule has 1 aliphatic heterocycles. The fraction of sp³-hybridized carbons (Fsp3) is 0.259. The van der Waals surface area contributed by atoms with Crippen LogP contribution in [0.2, 0.25) is 5.02 Å². The Morgan fingerprint density at radius 1 is 1.18 bits per heavy atom. The zero-order valence-electron chi connectivity index (χ0n) is 19.1. The summed E-state index contributed by atoms with van der Waals surface area (Å²) in [7, 11) is 0. The average Bonchev–Trinajstić information content (AvgIpc) is 3.32. The highest BCUT2D eigenvalue weighted by Crippen LogP contribution is 2.34. The standard InChI is InChI=1S/C27H27ClN2O3S/c1-3-14-29(27(32)20-6-4-19(2)5-7-20)17-26(31)30-15-12-25-23(13-16-34-25)24(30)18-33-22-10-8-21(28)9-11-22/h3-11,13,16,24H,1,12,14-15,17-18H2,2H3/t24-/m0/s1. The molecule has 34 heavy (non-hydrogen) atoms. The van der Waals surface area contributed by atoms with Crippen LogP contribution in [-0.4, -0.2) is 47.9 Å². The van der Waals surface area contributed by atoms with Crippen molar-refractivity contribution < 1.29 is 14.3 Å². The summed E-state index contributed by atoms with van der Waals surface area (Å²) in [6, 6.07) is 16.4. The number of halogens is 1. The maximum absolute atomic E-state index is 13.5. The van der Waals surface area contributed by atoms with Gasteiger partial charge in [-0.1, -0.05) is 35.4 Å². The van der Waals surface area contributed by atoms with E-state index in [2.05, 4.69) is 18.0 Å². The molecular weight excluding hydrogens is 468 g/mol. The largest absolute Gasteiger partial charge is 0.491 e. The van der Waals surface area contributed by atoms with Crippen LogP contribution in [0.3, 0.4) is 0 Å². The zero-order valence-corrected chi connectivity index (χ0v) is 20.6. The van der Waals surface area contributed by atoms with Gasteiger partial charge in [0.2, 0.25) is 5.91 Å². The van der Waals surface area contributed by atoms with Crippen LogP contribution in [-0.2, 0) is 11.2 Å². The Hall–Kier alpha value is -3.09. The molecule has 0 aliphatic carbocycles. The Labute approximate surface area is 209 Å². The molecule has 2 aromatic carbocycles. The highest BCUT2D eigenvalue weighted by molar-refractivity contribution is 7.10. The number of benzene rings is 2. The first-order chi connectivity index (χ1) is 16.5. The highest BCUT2D eigenvalue weighted by atomic mass is 35.5. The number of fused-ring (bicyclic) bond motifs is 1. The molecule has 176 valence electrons. The molecule has 2 heterocycles. The fourth-order valence-electron chi connectivity index (χ4n) is 4.09. The van der Waals surface area contributed by atoms with Gasteiger partial charge < -0.3 is 14.5 Å². The lowest BCUT2D eigenvalue weighted by Crippen LogP contribution is -2.47. The summed E-state index contributed by atoms with van der Waals surface area (Å²) in [6.45, 7) is 6.93. The SMILES string of the molecule is C=CCN(CC(=O)N1CCc2sccc2[C@@H]1COc1ccc(Cl)cc1)C(=O)c1ccc(C)cc1. The molecule has 1 atom stereocenters. The predicted molar refractivity (Wildman–Crippen MR) is 137 cm³/mol. The summed E-state index contributed by atoms with van der Waals surface area (Å²) in [5.41, 5.74) is 2.74. The van der Waals surface area contributed by atoms with E-state index in [9.17, 15) is 9.59 Å². The zero-order chi connectivity index (χ0) is 24.1. The van der Waals surface area contributed by atoms with Crippen LogP contribution in [0.25, 0.3) is 0 Å². The van der Waals surface area contributed by atoms with Gasteiger partial charge in [-0.25, -0.2) is 0 Å². The van der Waals surface area contributed by atoms with Crippen LogP contribution in [0.1, 0.15) is 32.4 Å². The molecule has 4 rings (SSSR count). The molecule has 0 bridgehead atoms. The quantitative estimate of drug-likeness (QED) is 0.386. The Bertz CT molecular complexity index is 1160. The van der Waals surface area contributed by atoms with Gasteiger partial charge in [0.25, 0.3) is 5.91 Å². The molecule has 1 aliphatic rings. The molecule has 0 spiro atoms. The second-order valence-electron chi connectivity index (χ2n) is 8.26. The number of carbonyl (C=O) groups is 2. The van der Waals surface area contributed by atoms with Crippen molar-refractivity contribution in [2.45, 2.75) is 19.4 Å². The molecule has 0 radical (unpaired) electrons. The third kappa shape index (κ3) is 5.51. The molecule has 2 amide bonds. The van der Waals surface area contributed by atoms with E-state index in [1.807, 2.05) is 36.1 Å². The monoisotopic (exact) mass is 494 g/mol. The number of aryl methyl sites for hydroxylation is 1. The number of hydrogen-bond acceptors (Lipinski definition) is 4. The Kier molecular flexibility index (Phi) is 7.70. The predicted octanol–water partition coefficient (Wildman–Crippen LogP) is 5.54. The second-order valence-corrected chi connectivity index (χ2v) is 9.69. The van der Waals surface area contributed by atoms with Crippen molar-refractivity contribution in [1.29, 1.82) is 0 Å². The third-order valence-corrected chi connectivity index (χ3v) is 7.15. The number of rotatable bonds is 8. The molecule has 0 unspecified atom stereocenters. The van der Waals surface area contributed by atoms with Crippen molar-refractivity contribution in [3.63, 3.8) is 0 Å². The van der Waals surface area contributed by atoms with Gasteiger partial charge in [0.1, 0.15) is 18.9 Å². The smallest absolute Gasteiger partial charge is 0.254 e. The van der Waals surface area contributed by atoms with Gasteiger partial charge in [-0.15, -0.1) is 17.9 Å². The summed E-state index contributed by atoms with van der Waals surface area (Å²) in [4.78, 5) is 31.3. The first-order valence-corrected chi connectivity index (χ1v) is 12.4. The van der Waals surface area contributed by atoms with Gasteiger partial charge in [-0.2, -0.15) is 0 Å². The third-order valence-electron chi connectivity index (χ3n) is 5.90. The van der Waals surface area contributed by atoms with E-state index in [0.717, 1.165) is 17.5 Å². The summed E-state index contributed by atoms with van der Waals surface area (Å²) < 4.78 is 6.04. The second kappa shape index (κ2) is 10.9. The van der Waals surface area contributed by atoms with Crippen molar-refractivity contribution in [3.8, 4) is 5.75 Å². The minimum Gasteiger partial charge on any atom is -0.491 e. The number of hydrogen-bond donors (Lipinski definition) is 0. The number of thiophene rings is 1. The summed E-state index contributed by atoms with van der Waals surface area (Å²) in [5.74, 6) is 0.404. The van der Waals surface area contributed by atoms with E-state index in [0.29, 0.717) is 36.0 Å². The molecule has 0 N–H and O–H groups in total. The van der Waals surface area contributed by atoms with Crippen molar-refractivity contribution >= 4 is 34.8 Å². The molecule has 0 fully saturated rings. The van der Waals surface area contributed by atoms with Gasteiger partial charge in [0.15, 0.2) is 0 Å². The first-order valence-electron chi connectivity index (χ1n) is 11.2. The Balaban J connectivity index is 1.51. The van der Waals surface area contributed by atoms with Gasteiger partial charge in [0.05, 0.1) is 6.04 Å². The number of ether oxygens (including phenoxy) is 1. The summed E-state index contributed by atoms with van der Waals surface area (Å²) in [6.07, 6.45) is 2.44. The van der Waals surface area contributed by atoms with Crippen molar-refractivity contribution in [2.75, 3.05) is 26.2 Å². The molecule has 3 aromatic rings. The van der Waals surface area contributed by atoms with Crippen LogP contribution in [0.5, 0.6) is 5.75 Å². The lowest BCUT2D eigenvalue weighted by atomic mass is 10.0. The maximum Gasteiger partial charge on any atom is 0.254 e. The van der Waals surface area contributed by atoms with Crippen LogP contribution in [0.15, 0.2) is 72.6 Å². The minimum absolute atomic E-state index is 0.0182. The van der Waals surface area contributed by atoms with Crippen molar-refractivity contribution in [3.05, 3.63) is 99.2 Å². The molecule has 7 heteroatoms. The van der Waals surface area contributed by atoms with E-state index < -0.39 is 0 Å². The highest BCUT2D eigenvalue weighted by Gasteiger charge is 2.33. The molecule has 1 aromatic heterocycles. The lowest BCUT2D eigenvalue weighted by Gasteiger charge is -2.37. The van der Waals surface area contributed by atoms with E-state index in [1.54, 1.807) is 46.6 Å². The Morgan fingerprint density at radius 2 is 1.91 bits per heavy atom. The molecule has 0 saturated carbocycles. The van der Waals surface area contributed by atoms with Crippen LogP contribution in [0, 0.1) is 6.92 Å². The summed E-state index contributed by atoms with van der Waals surface area (Å²) >= 11 is 7.69. The lowest BCUT2D eigenvalue weighted by molar-refractivity contribution is -0.135. The van der Waals surface area contributed by atoms with Gasteiger partial charge >= 0.3 is 0 Å². The number of amides is 2. The van der Waals surface area contributed by atoms with Gasteiger partial charge in [-0.3, -0.25) is 9.59 Å². The number of carbonyl (C=O) groups excluding carboxylic acids is 2. The number of nitrogens with zero attached hydrogens (tertiary/aromatic N) is 2. The normalized spacial score (nSPS) is 14.9. The van der Waals surface area contributed by atoms with Gasteiger partial charge in [0, 0.05) is 28.6 Å². The first kappa shape index (κ1) is 24.0. The minimum atomic E-state index is -0.224. The topological polar surface area (TPSA) is 49.9 Å². The summed E-state index contributed by atoms with van der Waals surface area (Å²) in [5, 5.41) is 2.70. The van der Waals surface area contributed by atoms with Gasteiger partial charge in [-0.05, 0) is 66.8 Å². The van der Waals surface area contributed by atoms with E-state index in [1.165, 1.54) is 4.88 Å². The Morgan fingerprint density at radius 3 is 2.62 bits per heavy atom.